The molecule has 1 aromatic rings. The molecule has 0 spiro atoms. The number of ether oxygens (including phenoxy) is 1. The monoisotopic (exact) mass is 355 g/mol. The van der Waals surface area contributed by atoms with E-state index in [1.807, 2.05) is 12.1 Å². The van der Waals surface area contributed by atoms with Gasteiger partial charge in [-0.05, 0) is 30.9 Å². The van der Waals surface area contributed by atoms with E-state index in [1.165, 1.54) is 37.8 Å². The van der Waals surface area contributed by atoms with Crippen LogP contribution in [-0.4, -0.2) is 38.3 Å². The number of likely N-dealkylation sites (N-methyl/N-ethyl adjacent to an activating group) is 1. The van der Waals surface area contributed by atoms with Crippen molar-refractivity contribution < 1.29 is 26.2 Å². The first kappa shape index (κ1) is 20.4. The summed E-state index contributed by atoms with van der Waals surface area (Å²) in [6.45, 7) is 7.72. The van der Waals surface area contributed by atoms with Crippen LogP contribution in [0.25, 0.3) is 0 Å². The van der Waals surface area contributed by atoms with Gasteiger partial charge in [0.05, 0.1) is 33.8 Å². The molecule has 3 heteroatoms. The lowest BCUT2D eigenvalue weighted by molar-refractivity contribution is -0.884. The van der Waals surface area contributed by atoms with Gasteiger partial charge in [-0.25, -0.2) is 0 Å². The van der Waals surface area contributed by atoms with Gasteiger partial charge < -0.3 is 26.2 Å². The number of nitrogens with zero attached hydrogens (tertiary/aromatic N) is 1. The van der Waals surface area contributed by atoms with Crippen LogP contribution in [-0.2, 0) is 11.3 Å². The van der Waals surface area contributed by atoms with Crippen LogP contribution in [0.15, 0.2) is 43.0 Å². The molecule has 0 aliphatic carbocycles. The fraction of sp³-hybridized carbons (Fsp3) is 0.556. The minimum absolute atomic E-state index is 0. The maximum Gasteiger partial charge on any atom is 0.0966 e. The summed E-state index contributed by atoms with van der Waals surface area (Å²) in [7, 11) is 4.54. The molecule has 0 aromatic heterocycles. The zero-order valence-corrected chi connectivity index (χ0v) is 15.1. The standard InChI is InChI=1S/C18H30NO.BrH/c1-4-14-19(2,3)15-10-5-6-11-16-20-17-18-12-8-7-9-13-18;/h4,7-9,12-13H,1,5-6,10-11,14-17H2,2-3H3;1H/q+1;/p-1. The lowest BCUT2D eigenvalue weighted by atomic mass is 10.2. The highest BCUT2D eigenvalue weighted by atomic mass is 79.9. The van der Waals surface area contributed by atoms with Gasteiger partial charge in [0.15, 0.2) is 0 Å². The molecular formula is C18H30BrNO. The Bertz CT molecular complexity index is 365. The van der Waals surface area contributed by atoms with Crippen LogP contribution in [0.5, 0.6) is 0 Å². The molecule has 0 aliphatic heterocycles. The van der Waals surface area contributed by atoms with E-state index < -0.39 is 0 Å². The molecule has 0 unspecified atom stereocenters. The second-order valence-corrected chi connectivity index (χ2v) is 6.08. The highest BCUT2D eigenvalue weighted by Gasteiger charge is 2.11. The molecule has 1 rings (SSSR count). The molecule has 0 saturated heterocycles. The highest BCUT2D eigenvalue weighted by Crippen LogP contribution is 2.07. The molecule has 0 fully saturated rings. The summed E-state index contributed by atoms with van der Waals surface area (Å²) in [5, 5.41) is 0. The van der Waals surface area contributed by atoms with Gasteiger partial charge >= 0.3 is 0 Å². The van der Waals surface area contributed by atoms with Crippen LogP contribution < -0.4 is 17.0 Å². The molecule has 21 heavy (non-hydrogen) atoms. The second-order valence-electron chi connectivity index (χ2n) is 6.08. The van der Waals surface area contributed by atoms with Gasteiger partial charge in [-0.2, -0.15) is 0 Å². The number of hydrogen-bond acceptors (Lipinski definition) is 1. The molecule has 120 valence electrons. The molecular weight excluding hydrogens is 326 g/mol. The van der Waals surface area contributed by atoms with Crippen molar-refractivity contribution in [2.45, 2.75) is 32.3 Å². The van der Waals surface area contributed by atoms with Crippen molar-refractivity contribution in [1.82, 2.24) is 0 Å². The van der Waals surface area contributed by atoms with Crippen molar-refractivity contribution in [3.05, 3.63) is 48.6 Å². The van der Waals surface area contributed by atoms with Gasteiger partial charge in [0.1, 0.15) is 0 Å². The van der Waals surface area contributed by atoms with E-state index >= 15 is 0 Å². The third-order valence-electron chi connectivity index (χ3n) is 3.54. The number of benzene rings is 1. The molecule has 2 nitrogen and oxygen atoms in total. The van der Waals surface area contributed by atoms with Crippen LogP contribution in [0, 0.1) is 0 Å². The Labute approximate surface area is 141 Å². The fourth-order valence-corrected chi connectivity index (χ4v) is 2.30. The number of unbranched alkanes of at least 4 members (excludes halogenated alkanes) is 3. The lowest BCUT2D eigenvalue weighted by Gasteiger charge is -2.28. The smallest absolute Gasteiger partial charge is 0.0966 e. The van der Waals surface area contributed by atoms with E-state index in [4.69, 9.17) is 4.74 Å². The largest absolute Gasteiger partial charge is 1.00 e. The minimum Gasteiger partial charge on any atom is -1.00 e. The van der Waals surface area contributed by atoms with Gasteiger partial charge in [-0.3, -0.25) is 0 Å². The zero-order valence-electron chi connectivity index (χ0n) is 13.6. The summed E-state index contributed by atoms with van der Waals surface area (Å²) in [6, 6.07) is 10.4. The third kappa shape index (κ3) is 10.7. The first-order valence-electron chi connectivity index (χ1n) is 7.68. The second kappa shape index (κ2) is 12.0. The Balaban J connectivity index is 0.00000400. The molecule has 1 aromatic carbocycles. The average Bonchev–Trinajstić information content (AvgIpc) is 2.43. The topological polar surface area (TPSA) is 9.23 Å². The number of hydrogen-bond donors (Lipinski definition) is 0. The lowest BCUT2D eigenvalue weighted by Crippen LogP contribution is -3.00. The van der Waals surface area contributed by atoms with E-state index in [2.05, 4.69) is 44.9 Å². The molecule has 0 N–H and O–H groups in total. The van der Waals surface area contributed by atoms with E-state index in [0.29, 0.717) is 0 Å². The highest BCUT2D eigenvalue weighted by molar-refractivity contribution is 5.13. The van der Waals surface area contributed by atoms with E-state index in [1.54, 1.807) is 0 Å². The average molecular weight is 356 g/mol. The molecule has 0 bridgehead atoms. The van der Waals surface area contributed by atoms with Crippen molar-refractivity contribution >= 4 is 0 Å². The third-order valence-corrected chi connectivity index (χ3v) is 3.54. The van der Waals surface area contributed by atoms with Crippen LogP contribution in [0.3, 0.4) is 0 Å². The minimum atomic E-state index is 0. The van der Waals surface area contributed by atoms with Crippen LogP contribution >= 0.6 is 0 Å². The van der Waals surface area contributed by atoms with Gasteiger partial charge in [-0.15, -0.1) is 0 Å². The molecule has 0 heterocycles. The zero-order chi connectivity index (χ0) is 14.7. The summed E-state index contributed by atoms with van der Waals surface area (Å²) in [6.07, 6.45) is 7.04. The first-order chi connectivity index (χ1) is 9.64. The Morgan fingerprint density at radius 1 is 1.05 bits per heavy atom. The predicted molar refractivity (Wildman–Crippen MR) is 86.6 cm³/mol. The van der Waals surface area contributed by atoms with E-state index in [9.17, 15) is 0 Å². The quantitative estimate of drug-likeness (QED) is 0.327. The van der Waals surface area contributed by atoms with Gasteiger partial charge in [0, 0.05) is 6.61 Å². The number of quaternary nitrogens is 1. The maximum absolute atomic E-state index is 5.69. The van der Waals surface area contributed by atoms with Crippen molar-refractivity contribution in [2.75, 3.05) is 33.8 Å². The van der Waals surface area contributed by atoms with Crippen molar-refractivity contribution in [3.8, 4) is 0 Å². The Morgan fingerprint density at radius 2 is 1.71 bits per heavy atom. The molecule has 0 aliphatic rings. The van der Waals surface area contributed by atoms with E-state index in [0.717, 1.165) is 24.2 Å². The van der Waals surface area contributed by atoms with Crippen LogP contribution in [0.2, 0.25) is 0 Å². The van der Waals surface area contributed by atoms with Gasteiger partial charge in [-0.1, -0.05) is 43.3 Å². The van der Waals surface area contributed by atoms with Crippen LogP contribution in [0.4, 0.5) is 0 Å². The van der Waals surface area contributed by atoms with E-state index in [-0.39, 0.29) is 17.0 Å². The number of halogens is 1. The maximum atomic E-state index is 5.69. The normalized spacial score (nSPS) is 11.0. The number of rotatable bonds is 11. The summed E-state index contributed by atoms with van der Waals surface area (Å²) in [4.78, 5) is 0. The Kier molecular flexibility index (Phi) is 11.6. The molecule has 0 atom stereocenters. The summed E-state index contributed by atoms with van der Waals surface area (Å²) in [5.41, 5.74) is 1.26. The summed E-state index contributed by atoms with van der Waals surface area (Å²) in [5.74, 6) is 0. The van der Waals surface area contributed by atoms with Gasteiger partial charge in [0.25, 0.3) is 0 Å². The molecule has 0 saturated carbocycles. The molecule has 0 amide bonds. The van der Waals surface area contributed by atoms with Crippen LogP contribution in [0.1, 0.15) is 31.2 Å². The fourth-order valence-electron chi connectivity index (χ4n) is 2.30. The summed E-state index contributed by atoms with van der Waals surface area (Å²) < 4.78 is 6.74. The summed E-state index contributed by atoms with van der Waals surface area (Å²) >= 11 is 0. The van der Waals surface area contributed by atoms with Crippen molar-refractivity contribution in [1.29, 1.82) is 0 Å². The molecule has 0 radical (unpaired) electrons. The van der Waals surface area contributed by atoms with Crippen molar-refractivity contribution in [3.63, 3.8) is 0 Å². The Morgan fingerprint density at radius 3 is 2.38 bits per heavy atom. The van der Waals surface area contributed by atoms with Crippen molar-refractivity contribution in [2.24, 2.45) is 0 Å². The predicted octanol–water partition coefficient (Wildman–Crippen LogP) is 1.03. The van der Waals surface area contributed by atoms with Gasteiger partial charge in [0.2, 0.25) is 0 Å². The first-order valence-corrected chi connectivity index (χ1v) is 7.68. The Hall–Kier alpha value is -0.640. The SMILES string of the molecule is C=CC[N+](C)(C)CCCCCCOCc1ccccc1.[Br-].